The van der Waals surface area contributed by atoms with E-state index in [9.17, 15) is 41.0 Å². The van der Waals surface area contributed by atoms with E-state index >= 15 is 0 Å². The Kier molecular flexibility index (Phi) is 10.8. The number of nitrogens with zero attached hydrogens (tertiary/aromatic N) is 5. The number of hydrogen-bond donors (Lipinski definition) is 3. The highest BCUT2D eigenvalue weighted by molar-refractivity contribution is 7.85. The molecule has 0 unspecified atom stereocenters. The van der Waals surface area contributed by atoms with Gasteiger partial charge in [0.05, 0.1) is 57.1 Å². The van der Waals surface area contributed by atoms with Gasteiger partial charge in [-0.2, -0.15) is 23.5 Å². The van der Waals surface area contributed by atoms with Crippen LogP contribution in [0.1, 0.15) is 63.4 Å². The second-order valence-corrected chi connectivity index (χ2v) is 14.2. The van der Waals surface area contributed by atoms with Crippen molar-refractivity contribution in [3.63, 3.8) is 0 Å². The molecule has 6 rings (SSSR count). The molecule has 1 atom stereocenters. The Labute approximate surface area is 314 Å². The predicted octanol–water partition coefficient (Wildman–Crippen LogP) is 7.13. The maximum atomic E-state index is 14.2. The SMILES string of the molecule is Cc1c(Cc2ccc([C@H](C)NC(=O)n3c(-c4ccnn4-c4ccc(C#N)cc4)c(C)n(-c4cccc(C(F)(F)F)c4)c3=O)[nH]2)cc(S(=O)(=O)[O-])c(C)c1C.[NH4+]. The number of hydrogen-bond acceptors (Lipinski definition) is 7. The quantitative estimate of drug-likeness (QED) is 0.136. The normalized spacial score (nSPS) is 12.2. The van der Waals surface area contributed by atoms with E-state index in [1.54, 1.807) is 63.2 Å². The molecule has 286 valence electrons. The average Bonchev–Trinajstić information content (AvgIpc) is 3.85. The van der Waals surface area contributed by atoms with Crippen molar-refractivity contribution in [2.24, 2.45) is 0 Å². The third kappa shape index (κ3) is 7.60. The first-order valence-corrected chi connectivity index (χ1v) is 17.9. The van der Waals surface area contributed by atoms with Crippen LogP contribution < -0.4 is 17.2 Å². The average molecular weight is 775 g/mol. The third-order valence-electron chi connectivity index (χ3n) is 9.55. The molecule has 13 nitrogen and oxygen atoms in total. The number of nitriles is 1. The summed E-state index contributed by atoms with van der Waals surface area (Å²) < 4.78 is 80.3. The van der Waals surface area contributed by atoms with Gasteiger partial charge in [0.25, 0.3) is 0 Å². The van der Waals surface area contributed by atoms with Gasteiger partial charge < -0.3 is 21.0 Å². The van der Waals surface area contributed by atoms with Crippen LogP contribution in [0.2, 0.25) is 0 Å². The highest BCUT2D eigenvalue weighted by Crippen LogP contribution is 2.32. The van der Waals surface area contributed by atoms with Crippen LogP contribution in [0.3, 0.4) is 0 Å². The number of aromatic amines is 1. The summed E-state index contributed by atoms with van der Waals surface area (Å²) in [5.74, 6) is 0. The molecular formula is C38H37F3N8O5S. The van der Waals surface area contributed by atoms with Crippen LogP contribution in [0.25, 0.3) is 22.8 Å². The Balaban J connectivity index is 0.00000580. The minimum atomic E-state index is -4.71. The summed E-state index contributed by atoms with van der Waals surface area (Å²) in [6.45, 7) is 8.34. The summed E-state index contributed by atoms with van der Waals surface area (Å²) in [7, 11) is -4.71. The van der Waals surface area contributed by atoms with Crippen LogP contribution in [-0.4, -0.2) is 42.9 Å². The molecule has 0 aliphatic rings. The number of benzene rings is 3. The Hall–Kier alpha value is -6.22. The molecule has 0 radical (unpaired) electrons. The molecule has 3 heterocycles. The van der Waals surface area contributed by atoms with E-state index in [1.165, 1.54) is 36.0 Å². The topological polar surface area (TPSA) is 207 Å². The number of nitrogens with one attached hydrogen (secondary N) is 2. The lowest BCUT2D eigenvalue weighted by Crippen LogP contribution is -2.38. The molecule has 17 heteroatoms. The minimum absolute atomic E-state index is 0. The molecule has 0 saturated carbocycles. The molecule has 3 aromatic carbocycles. The van der Waals surface area contributed by atoms with Crippen molar-refractivity contribution in [2.75, 3.05) is 0 Å². The first-order valence-electron chi connectivity index (χ1n) is 16.5. The van der Waals surface area contributed by atoms with Gasteiger partial charge in [-0.1, -0.05) is 6.07 Å². The highest BCUT2D eigenvalue weighted by Gasteiger charge is 2.32. The number of rotatable bonds is 8. The molecule has 55 heavy (non-hydrogen) atoms. The number of imidazole rings is 1. The molecule has 3 aromatic heterocycles. The Morgan fingerprint density at radius 3 is 2.31 bits per heavy atom. The van der Waals surface area contributed by atoms with Crippen molar-refractivity contribution in [3.8, 4) is 28.8 Å². The van der Waals surface area contributed by atoms with Gasteiger partial charge in [0.15, 0.2) is 0 Å². The van der Waals surface area contributed by atoms with Gasteiger partial charge in [0.1, 0.15) is 15.8 Å². The predicted molar refractivity (Wildman–Crippen MR) is 198 cm³/mol. The lowest BCUT2D eigenvalue weighted by Gasteiger charge is -2.18. The number of halogens is 3. The zero-order valence-corrected chi connectivity index (χ0v) is 31.4. The molecule has 6 aromatic rings. The van der Waals surface area contributed by atoms with Crippen molar-refractivity contribution < 1.29 is 30.9 Å². The zero-order chi connectivity index (χ0) is 39.3. The van der Waals surface area contributed by atoms with Gasteiger partial charge in [0.2, 0.25) is 0 Å². The lowest BCUT2D eigenvalue weighted by atomic mass is 9.96. The monoisotopic (exact) mass is 774 g/mol. The summed E-state index contributed by atoms with van der Waals surface area (Å²) in [5, 5.41) is 16.4. The van der Waals surface area contributed by atoms with Crippen molar-refractivity contribution in [1.29, 1.82) is 5.26 Å². The molecule has 0 aliphatic heterocycles. The summed E-state index contributed by atoms with van der Waals surface area (Å²) in [5.41, 5.74) is 3.06. The minimum Gasteiger partial charge on any atom is -0.744 e. The number of aromatic nitrogens is 5. The van der Waals surface area contributed by atoms with Crippen LogP contribution in [-0.2, 0) is 22.7 Å². The van der Waals surface area contributed by atoms with Crippen molar-refractivity contribution in [3.05, 3.63) is 140 Å². The smallest absolute Gasteiger partial charge is 0.416 e. The van der Waals surface area contributed by atoms with Gasteiger partial charge in [-0.05, 0) is 124 Å². The first-order chi connectivity index (χ1) is 25.4. The van der Waals surface area contributed by atoms with Gasteiger partial charge in [0, 0.05) is 17.8 Å². The maximum Gasteiger partial charge on any atom is 0.416 e. The molecule has 0 spiro atoms. The third-order valence-corrected chi connectivity index (χ3v) is 10.5. The number of alkyl halides is 3. The van der Waals surface area contributed by atoms with E-state index < -0.39 is 39.6 Å². The Morgan fingerprint density at radius 2 is 1.67 bits per heavy atom. The van der Waals surface area contributed by atoms with E-state index in [4.69, 9.17) is 0 Å². The Bertz CT molecular complexity index is 2650. The fraction of sp³-hybridized carbons (Fsp3) is 0.211. The second-order valence-electron chi connectivity index (χ2n) is 12.9. The van der Waals surface area contributed by atoms with E-state index in [1.807, 2.05) is 13.0 Å². The number of carbonyl (C=O) groups is 1. The van der Waals surface area contributed by atoms with E-state index in [-0.39, 0.29) is 40.2 Å². The highest BCUT2D eigenvalue weighted by atomic mass is 32.2. The molecule has 0 bridgehead atoms. The lowest BCUT2D eigenvalue weighted by molar-refractivity contribution is -0.137. The molecular weight excluding hydrogens is 738 g/mol. The molecule has 6 N–H and O–H groups in total. The van der Waals surface area contributed by atoms with Crippen molar-refractivity contribution in [2.45, 2.75) is 58.2 Å². The van der Waals surface area contributed by atoms with Crippen LogP contribution in [0.5, 0.6) is 0 Å². The summed E-state index contributed by atoms with van der Waals surface area (Å²) in [6, 6.07) is 17.4. The van der Waals surface area contributed by atoms with E-state index in [0.717, 1.165) is 26.8 Å². The van der Waals surface area contributed by atoms with E-state index in [0.29, 0.717) is 39.3 Å². The maximum absolute atomic E-state index is 14.2. The number of quaternary nitrogens is 1. The second kappa shape index (κ2) is 14.9. The van der Waals surface area contributed by atoms with Crippen LogP contribution in [0, 0.1) is 39.0 Å². The van der Waals surface area contributed by atoms with Crippen LogP contribution in [0.15, 0.2) is 88.7 Å². The Morgan fingerprint density at radius 1 is 0.982 bits per heavy atom. The largest absolute Gasteiger partial charge is 0.744 e. The first kappa shape index (κ1) is 40.0. The van der Waals surface area contributed by atoms with Crippen molar-refractivity contribution in [1.82, 2.24) is 35.4 Å². The molecule has 0 fully saturated rings. The van der Waals surface area contributed by atoms with E-state index in [2.05, 4.69) is 15.4 Å². The van der Waals surface area contributed by atoms with Gasteiger partial charge in [-0.3, -0.25) is 4.57 Å². The van der Waals surface area contributed by atoms with Gasteiger partial charge >= 0.3 is 17.9 Å². The summed E-state index contributed by atoms with van der Waals surface area (Å²) in [4.78, 5) is 31.3. The summed E-state index contributed by atoms with van der Waals surface area (Å²) in [6.07, 6.45) is -3.00. The van der Waals surface area contributed by atoms with Crippen molar-refractivity contribution >= 4 is 16.1 Å². The standard InChI is InChI=1S/C38H34F3N7O5S.H3N/c1-21-22(2)27(18-34(23(21)3)54(51,52)53)17-29-11-14-32(45-29)24(4)44-36(49)47-35(33-15-16-43-48(33)30-12-9-26(20-42)10-13-30)25(5)46(37(47)50)31-8-6-7-28(19-31)38(39,40)41;/h6-16,18-19,24,45H,17H2,1-5H3,(H,44,49)(H,51,52,53);1H3/t24-;/m0./s1. The van der Waals surface area contributed by atoms with Crippen LogP contribution in [0.4, 0.5) is 18.0 Å². The van der Waals surface area contributed by atoms with Gasteiger partial charge in [-0.25, -0.2) is 27.3 Å². The molecule has 1 amide bonds. The fourth-order valence-corrected chi connectivity index (χ4v) is 7.27. The fourth-order valence-electron chi connectivity index (χ4n) is 6.46. The molecule has 0 saturated heterocycles. The zero-order valence-electron chi connectivity index (χ0n) is 30.6. The summed E-state index contributed by atoms with van der Waals surface area (Å²) >= 11 is 0. The van der Waals surface area contributed by atoms with Gasteiger partial charge in [-0.15, -0.1) is 0 Å². The van der Waals surface area contributed by atoms with Crippen LogP contribution >= 0.6 is 0 Å². The number of carbonyl (C=O) groups excluding carboxylic acids is 1. The number of H-pyrrole nitrogens is 1. The molecule has 0 aliphatic carbocycles. The number of amides is 1.